The summed E-state index contributed by atoms with van der Waals surface area (Å²) in [4.78, 5) is 17.1. The number of benzene rings is 1. The summed E-state index contributed by atoms with van der Waals surface area (Å²) in [5, 5.41) is 3.97. The van der Waals surface area contributed by atoms with Gasteiger partial charge in [-0.2, -0.15) is 0 Å². The van der Waals surface area contributed by atoms with E-state index in [1.54, 1.807) is 0 Å². The van der Waals surface area contributed by atoms with Crippen LogP contribution in [0.1, 0.15) is 37.7 Å². The predicted octanol–water partition coefficient (Wildman–Crippen LogP) is 2.92. The number of hydrogen-bond acceptors (Lipinski definition) is 4. The Morgan fingerprint density at radius 1 is 1.22 bits per heavy atom. The molecule has 0 bridgehead atoms. The van der Waals surface area contributed by atoms with Crippen LogP contribution in [0.15, 0.2) is 24.3 Å². The molecule has 6 heteroatoms. The Labute approximate surface area is 168 Å². The van der Waals surface area contributed by atoms with Crippen molar-refractivity contribution in [1.82, 2.24) is 15.1 Å². The molecule has 0 unspecified atom stereocenters. The molecule has 1 aromatic rings. The molecule has 2 aliphatic rings. The average molecular weight is 394 g/mol. The summed E-state index contributed by atoms with van der Waals surface area (Å²) in [6.45, 7) is 5.34. The van der Waals surface area contributed by atoms with E-state index in [2.05, 4.69) is 10.2 Å². The Morgan fingerprint density at radius 2 is 1.93 bits per heavy atom. The molecule has 27 heavy (non-hydrogen) atoms. The van der Waals surface area contributed by atoms with Crippen LogP contribution in [-0.4, -0.2) is 67.7 Å². The molecule has 1 aliphatic heterocycles. The first kappa shape index (κ1) is 20.6. The van der Waals surface area contributed by atoms with E-state index in [4.69, 9.17) is 16.3 Å². The van der Waals surface area contributed by atoms with Gasteiger partial charge in [-0.05, 0) is 31.5 Å². The van der Waals surface area contributed by atoms with Crippen molar-refractivity contribution in [1.29, 1.82) is 0 Å². The molecule has 1 heterocycles. The molecular formula is C21H32ClN3O2. The summed E-state index contributed by atoms with van der Waals surface area (Å²) < 4.78 is 5.53. The van der Waals surface area contributed by atoms with Gasteiger partial charge in [-0.25, -0.2) is 0 Å². The lowest BCUT2D eigenvalue weighted by Crippen LogP contribution is -2.60. The van der Waals surface area contributed by atoms with Crippen LogP contribution in [0.5, 0.6) is 0 Å². The predicted molar refractivity (Wildman–Crippen MR) is 109 cm³/mol. The summed E-state index contributed by atoms with van der Waals surface area (Å²) >= 11 is 6.23. The van der Waals surface area contributed by atoms with Crippen molar-refractivity contribution in [2.24, 2.45) is 0 Å². The summed E-state index contributed by atoms with van der Waals surface area (Å²) in [7, 11) is 1.96. The smallest absolute Gasteiger partial charge is 0.234 e. The number of likely N-dealkylation sites (N-methyl/N-ethyl adjacent to an activating group) is 1. The average Bonchev–Trinajstić information content (AvgIpc) is 2.69. The zero-order valence-electron chi connectivity index (χ0n) is 16.4. The van der Waals surface area contributed by atoms with E-state index in [0.29, 0.717) is 13.1 Å². The van der Waals surface area contributed by atoms with Crippen molar-refractivity contribution in [3.8, 4) is 0 Å². The third-order valence-electron chi connectivity index (χ3n) is 5.89. The molecule has 1 N–H and O–H groups in total. The van der Waals surface area contributed by atoms with Gasteiger partial charge in [0.15, 0.2) is 0 Å². The maximum atomic E-state index is 12.6. The first-order valence-electron chi connectivity index (χ1n) is 10.1. The maximum Gasteiger partial charge on any atom is 0.234 e. The van der Waals surface area contributed by atoms with Gasteiger partial charge in [0.1, 0.15) is 0 Å². The first-order chi connectivity index (χ1) is 13.1. The van der Waals surface area contributed by atoms with E-state index in [9.17, 15) is 4.79 Å². The molecule has 1 saturated heterocycles. The van der Waals surface area contributed by atoms with Crippen LogP contribution in [0, 0.1) is 0 Å². The normalized spacial score (nSPS) is 20.6. The first-order valence-corrected chi connectivity index (χ1v) is 10.5. The lowest BCUT2D eigenvalue weighted by molar-refractivity contribution is -0.123. The number of ether oxygens (including phenoxy) is 1. The second-order valence-corrected chi connectivity index (χ2v) is 8.33. The fourth-order valence-corrected chi connectivity index (χ4v) is 4.59. The highest BCUT2D eigenvalue weighted by molar-refractivity contribution is 6.31. The molecule has 0 spiro atoms. The fraction of sp³-hybridized carbons (Fsp3) is 0.667. The summed E-state index contributed by atoms with van der Waals surface area (Å²) in [6, 6.07) is 7.80. The molecule has 5 nitrogen and oxygen atoms in total. The van der Waals surface area contributed by atoms with E-state index in [1.807, 2.05) is 36.2 Å². The fourth-order valence-electron chi connectivity index (χ4n) is 4.39. The second kappa shape index (κ2) is 9.87. The highest BCUT2D eigenvalue weighted by Gasteiger charge is 2.38. The van der Waals surface area contributed by atoms with Gasteiger partial charge >= 0.3 is 0 Å². The van der Waals surface area contributed by atoms with Crippen LogP contribution in [0.4, 0.5) is 0 Å². The van der Waals surface area contributed by atoms with Crippen LogP contribution in [0.3, 0.4) is 0 Å². The number of nitrogens with one attached hydrogen (secondary N) is 1. The van der Waals surface area contributed by atoms with Gasteiger partial charge in [-0.1, -0.05) is 49.1 Å². The van der Waals surface area contributed by atoms with Crippen LogP contribution >= 0.6 is 11.6 Å². The lowest BCUT2D eigenvalue weighted by Gasteiger charge is -2.48. The topological polar surface area (TPSA) is 44.8 Å². The SMILES string of the molecule is CN(CC(=O)NCC1(N2CCOCC2)CCCCC1)Cc1ccccc1Cl. The lowest BCUT2D eigenvalue weighted by atomic mass is 9.79. The Morgan fingerprint density at radius 3 is 2.63 bits per heavy atom. The van der Waals surface area contributed by atoms with Gasteiger partial charge in [-0.15, -0.1) is 0 Å². The van der Waals surface area contributed by atoms with Crippen LogP contribution in [0.25, 0.3) is 0 Å². The zero-order valence-corrected chi connectivity index (χ0v) is 17.1. The Bertz CT molecular complexity index is 613. The third kappa shape index (κ3) is 5.67. The van der Waals surface area contributed by atoms with Gasteiger partial charge in [-0.3, -0.25) is 14.6 Å². The standard InChI is InChI=1S/C21H32ClN3O2/c1-24(15-18-7-3-4-8-19(18)22)16-20(26)23-17-21(9-5-2-6-10-21)25-11-13-27-14-12-25/h3-4,7-8H,2,5-6,9-17H2,1H3,(H,23,26). The number of hydrogen-bond donors (Lipinski definition) is 1. The Balaban J connectivity index is 1.52. The van der Waals surface area contributed by atoms with E-state index in [-0.39, 0.29) is 11.4 Å². The van der Waals surface area contributed by atoms with Crippen LogP contribution in [-0.2, 0) is 16.1 Å². The molecule has 0 radical (unpaired) electrons. The highest BCUT2D eigenvalue weighted by Crippen LogP contribution is 2.33. The van der Waals surface area contributed by atoms with E-state index in [1.165, 1.54) is 32.1 Å². The molecule has 0 atom stereocenters. The number of rotatable bonds is 7. The zero-order chi connectivity index (χ0) is 19.1. The van der Waals surface area contributed by atoms with Crippen molar-refractivity contribution >= 4 is 17.5 Å². The molecular weight excluding hydrogens is 362 g/mol. The Hall–Kier alpha value is -1.14. The van der Waals surface area contributed by atoms with Crippen LogP contribution in [0.2, 0.25) is 5.02 Å². The summed E-state index contributed by atoms with van der Waals surface area (Å²) in [5.74, 6) is 0.0859. The van der Waals surface area contributed by atoms with Gasteiger partial charge in [0, 0.05) is 36.7 Å². The van der Waals surface area contributed by atoms with Crippen molar-refractivity contribution < 1.29 is 9.53 Å². The van der Waals surface area contributed by atoms with Crippen molar-refractivity contribution in [2.45, 2.75) is 44.2 Å². The Kier molecular flexibility index (Phi) is 7.53. The van der Waals surface area contributed by atoms with Crippen LogP contribution < -0.4 is 5.32 Å². The monoisotopic (exact) mass is 393 g/mol. The third-order valence-corrected chi connectivity index (χ3v) is 6.26. The van der Waals surface area contributed by atoms with E-state index >= 15 is 0 Å². The second-order valence-electron chi connectivity index (χ2n) is 7.92. The number of carbonyl (C=O) groups is 1. The maximum absolute atomic E-state index is 12.6. The van der Waals surface area contributed by atoms with E-state index in [0.717, 1.165) is 43.4 Å². The largest absolute Gasteiger partial charge is 0.379 e. The van der Waals surface area contributed by atoms with Gasteiger partial charge in [0.05, 0.1) is 19.8 Å². The number of morpholine rings is 1. The number of amides is 1. The minimum absolute atomic E-state index is 0.0859. The molecule has 0 aromatic heterocycles. The minimum atomic E-state index is 0.0859. The molecule has 1 aromatic carbocycles. The van der Waals surface area contributed by atoms with Gasteiger partial charge < -0.3 is 10.1 Å². The molecule has 2 fully saturated rings. The quantitative estimate of drug-likeness (QED) is 0.773. The van der Waals surface area contributed by atoms with Crippen molar-refractivity contribution in [3.05, 3.63) is 34.9 Å². The summed E-state index contributed by atoms with van der Waals surface area (Å²) in [5.41, 5.74) is 1.16. The number of halogens is 1. The molecule has 1 aliphatic carbocycles. The summed E-state index contributed by atoms with van der Waals surface area (Å²) in [6.07, 6.45) is 6.14. The van der Waals surface area contributed by atoms with Crippen molar-refractivity contribution in [2.75, 3.05) is 46.4 Å². The van der Waals surface area contributed by atoms with E-state index < -0.39 is 0 Å². The van der Waals surface area contributed by atoms with Gasteiger partial charge in [0.25, 0.3) is 0 Å². The molecule has 1 saturated carbocycles. The molecule has 3 rings (SSSR count). The minimum Gasteiger partial charge on any atom is -0.379 e. The van der Waals surface area contributed by atoms with Gasteiger partial charge in [0.2, 0.25) is 5.91 Å². The number of nitrogens with zero attached hydrogens (tertiary/aromatic N) is 2. The van der Waals surface area contributed by atoms with Crippen molar-refractivity contribution in [3.63, 3.8) is 0 Å². The number of carbonyl (C=O) groups excluding carboxylic acids is 1. The molecule has 150 valence electrons. The molecule has 1 amide bonds. The highest BCUT2D eigenvalue weighted by atomic mass is 35.5.